The molecule has 0 radical (unpaired) electrons. The Morgan fingerprint density at radius 3 is 2.77 bits per heavy atom. The lowest BCUT2D eigenvalue weighted by molar-refractivity contribution is -0.121. The van der Waals surface area contributed by atoms with Gasteiger partial charge in [0.1, 0.15) is 11.5 Å². The second-order valence-electron chi connectivity index (χ2n) is 7.44. The third-order valence-corrected chi connectivity index (χ3v) is 4.96. The molecule has 1 aliphatic rings. The molecule has 3 rings (SSSR count). The van der Waals surface area contributed by atoms with Crippen molar-refractivity contribution < 1.29 is 19.1 Å². The van der Waals surface area contributed by atoms with Gasteiger partial charge in [-0.3, -0.25) is 9.59 Å². The van der Waals surface area contributed by atoms with Gasteiger partial charge in [-0.2, -0.15) is 0 Å². The first kappa shape index (κ1) is 22.2. The normalized spacial score (nSPS) is 13.1. The second kappa shape index (κ2) is 10.0. The summed E-state index contributed by atoms with van der Waals surface area (Å²) in [4.78, 5) is 26.3. The lowest BCUT2D eigenvalue weighted by Crippen LogP contribution is -2.41. The van der Waals surface area contributed by atoms with Crippen molar-refractivity contribution in [2.24, 2.45) is 5.92 Å². The minimum Gasteiger partial charge on any atom is -0.492 e. The number of nitrogens with one attached hydrogen (secondary N) is 1. The number of anilines is 2. The summed E-state index contributed by atoms with van der Waals surface area (Å²) in [5.41, 5.74) is 1.30. The first-order valence-corrected chi connectivity index (χ1v) is 10.5. The topological polar surface area (TPSA) is 67.9 Å². The lowest BCUT2D eigenvalue weighted by Gasteiger charge is -2.31. The SMILES string of the molecule is CC(C)CN1C(=O)COc2ccc(NC(=O)CCCOc3ccc(Cl)cc3Cl)cc21. The van der Waals surface area contributed by atoms with Gasteiger partial charge in [0, 0.05) is 23.7 Å². The number of hydrogen-bond donors (Lipinski definition) is 1. The van der Waals surface area contributed by atoms with Gasteiger partial charge in [-0.25, -0.2) is 0 Å². The molecule has 0 fully saturated rings. The number of nitrogens with zero attached hydrogens (tertiary/aromatic N) is 1. The zero-order valence-corrected chi connectivity index (χ0v) is 18.4. The van der Waals surface area contributed by atoms with E-state index >= 15 is 0 Å². The zero-order chi connectivity index (χ0) is 21.7. The molecule has 1 aliphatic heterocycles. The molecule has 0 spiro atoms. The van der Waals surface area contributed by atoms with E-state index in [0.29, 0.717) is 58.4 Å². The first-order valence-electron chi connectivity index (χ1n) is 9.78. The number of rotatable bonds is 8. The van der Waals surface area contributed by atoms with Crippen molar-refractivity contribution in [3.05, 3.63) is 46.4 Å². The van der Waals surface area contributed by atoms with Gasteiger partial charge in [0.15, 0.2) is 6.61 Å². The van der Waals surface area contributed by atoms with E-state index in [4.69, 9.17) is 32.7 Å². The predicted octanol–water partition coefficient (Wildman–Crippen LogP) is 5.17. The van der Waals surface area contributed by atoms with Gasteiger partial charge in [0.2, 0.25) is 5.91 Å². The highest BCUT2D eigenvalue weighted by atomic mass is 35.5. The number of carbonyl (C=O) groups is 2. The summed E-state index contributed by atoms with van der Waals surface area (Å²) in [6.45, 7) is 5.07. The van der Waals surface area contributed by atoms with Crippen LogP contribution in [0.15, 0.2) is 36.4 Å². The minimum atomic E-state index is -0.140. The maximum atomic E-state index is 12.3. The lowest BCUT2D eigenvalue weighted by atomic mass is 10.1. The number of halogens is 2. The molecule has 2 aromatic rings. The molecule has 2 amide bonds. The molecule has 0 aromatic heterocycles. The van der Waals surface area contributed by atoms with Crippen LogP contribution in [0.3, 0.4) is 0 Å². The fourth-order valence-corrected chi connectivity index (χ4v) is 3.54. The van der Waals surface area contributed by atoms with Crippen LogP contribution in [0.4, 0.5) is 11.4 Å². The average molecular weight is 451 g/mol. The van der Waals surface area contributed by atoms with Gasteiger partial charge in [-0.05, 0) is 48.7 Å². The Kier molecular flexibility index (Phi) is 7.45. The molecule has 0 atom stereocenters. The summed E-state index contributed by atoms with van der Waals surface area (Å²) in [5, 5.41) is 3.84. The van der Waals surface area contributed by atoms with Crippen molar-refractivity contribution >= 4 is 46.4 Å². The summed E-state index contributed by atoms with van der Waals surface area (Å²) in [7, 11) is 0. The largest absolute Gasteiger partial charge is 0.492 e. The Labute approximate surface area is 186 Å². The Balaban J connectivity index is 1.54. The molecule has 0 bridgehead atoms. The fraction of sp³-hybridized carbons (Fsp3) is 0.364. The summed E-state index contributed by atoms with van der Waals surface area (Å²) in [6, 6.07) is 10.3. The second-order valence-corrected chi connectivity index (χ2v) is 8.29. The van der Waals surface area contributed by atoms with E-state index in [1.54, 1.807) is 41.3 Å². The molecule has 0 unspecified atom stereocenters. The van der Waals surface area contributed by atoms with Crippen molar-refractivity contribution in [3.63, 3.8) is 0 Å². The Hall–Kier alpha value is -2.44. The number of ether oxygens (including phenoxy) is 2. The summed E-state index contributed by atoms with van der Waals surface area (Å²) >= 11 is 11.9. The van der Waals surface area contributed by atoms with Crippen LogP contribution in [-0.2, 0) is 9.59 Å². The number of carbonyl (C=O) groups excluding carboxylic acids is 2. The van der Waals surface area contributed by atoms with Crippen LogP contribution in [0, 0.1) is 5.92 Å². The third-order valence-electron chi connectivity index (χ3n) is 4.43. The van der Waals surface area contributed by atoms with E-state index in [0.717, 1.165) is 0 Å². The summed E-state index contributed by atoms with van der Waals surface area (Å²) in [5.74, 6) is 1.26. The van der Waals surface area contributed by atoms with Crippen LogP contribution >= 0.6 is 23.2 Å². The monoisotopic (exact) mass is 450 g/mol. The van der Waals surface area contributed by atoms with E-state index in [1.807, 2.05) is 13.8 Å². The molecule has 0 saturated heterocycles. The van der Waals surface area contributed by atoms with Crippen LogP contribution in [-0.4, -0.2) is 31.6 Å². The van der Waals surface area contributed by atoms with Gasteiger partial charge in [-0.15, -0.1) is 0 Å². The van der Waals surface area contributed by atoms with Crippen LogP contribution < -0.4 is 19.7 Å². The van der Waals surface area contributed by atoms with Crippen LogP contribution in [0.5, 0.6) is 11.5 Å². The number of hydrogen-bond acceptors (Lipinski definition) is 4. The van der Waals surface area contributed by atoms with E-state index in [2.05, 4.69) is 5.32 Å². The highest BCUT2D eigenvalue weighted by Gasteiger charge is 2.26. The molecular weight excluding hydrogens is 427 g/mol. The van der Waals surface area contributed by atoms with Crippen molar-refractivity contribution in [2.75, 3.05) is 30.0 Å². The quantitative estimate of drug-likeness (QED) is 0.563. The standard InChI is InChI=1S/C22H24Cl2N2O4/c1-14(2)12-26-18-11-16(6-8-20(18)30-13-22(26)28)25-21(27)4-3-9-29-19-7-5-15(23)10-17(19)24/h5-8,10-11,14H,3-4,9,12-13H2,1-2H3,(H,25,27). The number of fused-ring (bicyclic) bond motifs is 1. The fourth-order valence-electron chi connectivity index (χ4n) is 3.08. The van der Waals surface area contributed by atoms with E-state index < -0.39 is 0 Å². The van der Waals surface area contributed by atoms with E-state index in [-0.39, 0.29) is 24.8 Å². The predicted molar refractivity (Wildman–Crippen MR) is 119 cm³/mol. The Bertz CT molecular complexity index is 933. The van der Waals surface area contributed by atoms with Gasteiger partial charge in [0.25, 0.3) is 5.91 Å². The van der Waals surface area contributed by atoms with Crippen molar-refractivity contribution in [1.82, 2.24) is 0 Å². The van der Waals surface area contributed by atoms with Crippen LogP contribution in [0.2, 0.25) is 10.0 Å². The number of amides is 2. The van der Waals surface area contributed by atoms with Gasteiger partial charge < -0.3 is 19.7 Å². The van der Waals surface area contributed by atoms with Crippen molar-refractivity contribution in [1.29, 1.82) is 0 Å². The zero-order valence-electron chi connectivity index (χ0n) is 16.9. The third kappa shape index (κ3) is 5.80. The van der Waals surface area contributed by atoms with E-state index in [9.17, 15) is 9.59 Å². The number of benzene rings is 2. The van der Waals surface area contributed by atoms with E-state index in [1.165, 1.54) is 0 Å². The molecule has 30 heavy (non-hydrogen) atoms. The van der Waals surface area contributed by atoms with Gasteiger partial charge in [-0.1, -0.05) is 37.0 Å². The maximum absolute atomic E-state index is 12.3. The summed E-state index contributed by atoms with van der Waals surface area (Å²) < 4.78 is 11.1. The van der Waals surface area contributed by atoms with Crippen LogP contribution in [0.1, 0.15) is 26.7 Å². The maximum Gasteiger partial charge on any atom is 0.265 e. The van der Waals surface area contributed by atoms with Gasteiger partial charge in [0.05, 0.1) is 17.3 Å². The molecule has 2 aromatic carbocycles. The highest BCUT2D eigenvalue weighted by Crippen LogP contribution is 2.35. The van der Waals surface area contributed by atoms with Gasteiger partial charge >= 0.3 is 0 Å². The summed E-state index contributed by atoms with van der Waals surface area (Å²) in [6.07, 6.45) is 0.810. The minimum absolute atomic E-state index is 0.0308. The molecule has 8 heteroatoms. The highest BCUT2D eigenvalue weighted by molar-refractivity contribution is 6.35. The molecule has 6 nitrogen and oxygen atoms in total. The Morgan fingerprint density at radius 2 is 2.03 bits per heavy atom. The van der Waals surface area contributed by atoms with Crippen LogP contribution in [0.25, 0.3) is 0 Å². The molecule has 160 valence electrons. The average Bonchev–Trinajstić information content (AvgIpc) is 2.68. The van der Waals surface area contributed by atoms with Crippen molar-refractivity contribution in [3.8, 4) is 11.5 Å². The molecular formula is C22H24Cl2N2O4. The molecule has 1 heterocycles. The smallest absolute Gasteiger partial charge is 0.265 e. The molecule has 0 aliphatic carbocycles. The Morgan fingerprint density at radius 1 is 1.23 bits per heavy atom. The first-order chi connectivity index (χ1) is 14.3. The molecule has 0 saturated carbocycles. The van der Waals surface area contributed by atoms with Crippen molar-refractivity contribution in [2.45, 2.75) is 26.7 Å². The molecule has 1 N–H and O–H groups in total.